The summed E-state index contributed by atoms with van der Waals surface area (Å²) in [6.07, 6.45) is 9.77. The third-order valence-corrected chi connectivity index (χ3v) is 10.6. The average Bonchev–Trinajstić information content (AvgIpc) is 3.78. The second kappa shape index (κ2) is 25.0. The number of pyridine rings is 4. The maximum Gasteiger partial charge on any atom is 2.00 e. The molecule has 0 bridgehead atoms. The summed E-state index contributed by atoms with van der Waals surface area (Å²) in [5, 5.41) is 38.7. The standard InChI is InChI=1S/C29H19N3O4.C19H21F3N3S.CNS.Ru/c33-28(34)22-10-12-31-25(15-22)27-17-23(29(35)36)16-26(32-27)24-14-19(9-11-30-24)6-5-18-7-8-20-3-1-2-4-21(20)13-18;1-2-3-4-5-6-13-8-10-26-18(13)14-7-9-25-16(11-14)15(23)12-17(24)19(20,21)22;2-1-3;/h1-17H,(H,33,34)(H,35,36);7-12,23-24H,2-6H2,1H3;;/q;2*-1;+2/b6-5+;15-12-,24-17?;;. The maximum absolute atomic E-state index is 12.5. The Morgan fingerprint density at radius 3 is 2.05 bits per heavy atom. The van der Waals surface area contributed by atoms with Crippen molar-refractivity contribution in [2.45, 2.75) is 45.2 Å². The molecule has 66 heavy (non-hydrogen) atoms. The molecule has 11 nitrogen and oxygen atoms in total. The zero-order valence-corrected chi connectivity index (χ0v) is 38.4. The van der Waals surface area contributed by atoms with Gasteiger partial charge in [-0.05, 0) is 118 Å². The quantitative estimate of drug-likeness (QED) is 0.0411. The van der Waals surface area contributed by atoms with Crippen LogP contribution in [0.1, 0.15) is 75.7 Å². The topological polar surface area (TPSA) is 196 Å². The van der Waals surface area contributed by atoms with Gasteiger partial charge in [0.05, 0.1) is 33.9 Å². The minimum Gasteiger partial charge on any atom is -0.753 e. The van der Waals surface area contributed by atoms with E-state index in [4.69, 9.17) is 16.6 Å². The normalized spacial score (nSPS) is 11.1. The molecule has 0 aliphatic carbocycles. The molecule has 0 saturated heterocycles. The van der Waals surface area contributed by atoms with E-state index in [0.717, 1.165) is 39.8 Å². The molecule has 336 valence electrons. The smallest absolute Gasteiger partial charge is 0.753 e. The van der Waals surface area contributed by atoms with Crippen LogP contribution in [0.25, 0.3) is 73.0 Å². The van der Waals surface area contributed by atoms with E-state index >= 15 is 0 Å². The zero-order chi connectivity index (χ0) is 46.9. The van der Waals surface area contributed by atoms with Crippen LogP contribution in [0.4, 0.5) is 13.2 Å². The van der Waals surface area contributed by atoms with Crippen molar-refractivity contribution < 1.29 is 52.5 Å². The Morgan fingerprint density at radius 2 is 1.39 bits per heavy atom. The molecule has 5 aromatic heterocycles. The Hall–Kier alpha value is -6.90. The van der Waals surface area contributed by atoms with Crippen molar-refractivity contribution in [2.24, 2.45) is 0 Å². The largest absolute Gasteiger partial charge is 2.00 e. The molecule has 0 amide bonds. The number of hydrogen-bond acceptors (Lipinski definition) is 9. The number of thiophene rings is 1. The van der Waals surface area contributed by atoms with E-state index in [2.05, 4.69) is 69.4 Å². The fourth-order valence-electron chi connectivity index (χ4n) is 6.36. The molecule has 4 N–H and O–H groups in total. The SMILES string of the molecule is CCCCCCc1ccsc1-c1ccnc(/C([NH-])=C/C(=N)C(F)(F)F)c1.O=C(O)c1ccnc(-c2cc(C(=O)O)cc(-c3cc(/C=C/c4ccc5ccccc5c4)ccn3)n2)c1.[N-]=C=S.[Ru+2]. The van der Waals surface area contributed by atoms with E-state index in [9.17, 15) is 33.0 Å². The molecular weight excluding hydrogens is 973 g/mol. The number of aromatic carboxylic acids is 2. The molecule has 0 saturated carbocycles. The number of fused-ring (bicyclic) bond motifs is 1. The third kappa shape index (κ3) is 14.8. The number of carbonyl (C=O) groups is 2. The van der Waals surface area contributed by atoms with Crippen molar-refractivity contribution in [1.29, 1.82) is 5.41 Å². The summed E-state index contributed by atoms with van der Waals surface area (Å²) >= 11 is 5.27. The van der Waals surface area contributed by atoms with Crippen LogP contribution in [0.3, 0.4) is 0 Å². The molecule has 0 unspecified atom stereocenters. The first kappa shape index (κ1) is 51.7. The molecule has 0 fully saturated rings. The fourth-order valence-corrected chi connectivity index (χ4v) is 7.31. The number of rotatable bonds is 14. The number of benzene rings is 2. The molecule has 7 rings (SSSR count). The monoisotopic (exact) mass is 1010 g/mol. The second-order valence-electron chi connectivity index (χ2n) is 14.2. The fraction of sp³-hybridized carbons (Fsp3) is 0.143. The van der Waals surface area contributed by atoms with Gasteiger partial charge < -0.3 is 21.4 Å². The summed E-state index contributed by atoms with van der Waals surface area (Å²) in [6, 6.07) is 29.0. The first-order chi connectivity index (χ1) is 31.2. The molecule has 0 radical (unpaired) electrons. The molecular formula is C49H40F3N7O4RuS2. The number of thiocarbonyl (C=S) groups is 1. The first-order valence-corrected chi connectivity index (χ1v) is 21.2. The molecule has 2 aromatic carbocycles. The molecule has 5 heterocycles. The third-order valence-electron chi connectivity index (χ3n) is 9.57. The number of aryl methyl sites for hydroxylation is 1. The number of unbranched alkanes of at least 4 members (excludes halogenated alkanes) is 3. The van der Waals surface area contributed by atoms with Crippen LogP contribution < -0.4 is 0 Å². The summed E-state index contributed by atoms with van der Waals surface area (Å²) in [5.74, 6) is -2.25. The van der Waals surface area contributed by atoms with Crippen molar-refractivity contribution >= 4 is 75.0 Å². The Balaban J connectivity index is 0.000000282. The average molecular weight is 1010 g/mol. The molecule has 0 aliphatic heterocycles. The molecule has 0 aliphatic rings. The van der Waals surface area contributed by atoms with Gasteiger partial charge in [0.15, 0.2) is 0 Å². The van der Waals surface area contributed by atoms with Crippen molar-refractivity contribution in [3.05, 3.63) is 172 Å². The minimum atomic E-state index is -4.76. The van der Waals surface area contributed by atoms with Crippen molar-refractivity contribution in [3.8, 4) is 33.2 Å². The number of nitrogens with zero attached hydrogens (tertiary/aromatic N) is 5. The summed E-state index contributed by atoms with van der Waals surface area (Å²) in [6.45, 7) is 2.17. The van der Waals surface area contributed by atoms with E-state index in [0.29, 0.717) is 17.5 Å². The molecule has 0 spiro atoms. The van der Waals surface area contributed by atoms with Gasteiger partial charge in [0.2, 0.25) is 0 Å². The van der Waals surface area contributed by atoms with E-state index in [1.54, 1.807) is 29.7 Å². The van der Waals surface area contributed by atoms with Gasteiger partial charge in [-0.15, -0.1) is 17.0 Å². The second-order valence-corrected chi connectivity index (χ2v) is 15.3. The number of alkyl halides is 3. The number of carboxylic acid groups (broad SMARTS) is 2. The summed E-state index contributed by atoms with van der Waals surface area (Å²) in [4.78, 5) is 41.3. The number of isothiocyanates is 1. The van der Waals surface area contributed by atoms with Gasteiger partial charge in [-0.3, -0.25) is 20.4 Å². The van der Waals surface area contributed by atoms with Crippen LogP contribution in [-0.2, 0) is 25.9 Å². The van der Waals surface area contributed by atoms with Gasteiger partial charge >= 0.3 is 37.6 Å². The number of halogens is 3. The van der Waals surface area contributed by atoms with Gasteiger partial charge in [-0.2, -0.15) is 18.3 Å². The number of carboxylic acids is 2. The predicted molar refractivity (Wildman–Crippen MR) is 255 cm³/mol. The van der Waals surface area contributed by atoms with Crippen LogP contribution >= 0.6 is 23.6 Å². The van der Waals surface area contributed by atoms with Crippen molar-refractivity contribution in [3.63, 3.8) is 0 Å². The van der Waals surface area contributed by atoms with Gasteiger partial charge in [0.1, 0.15) is 5.71 Å². The number of hydrogen-bond donors (Lipinski definition) is 3. The van der Waals surface area contributed by atoms with Crippen LogP contribution in [0.15, 0.2) is 127 Å². The molecule has 7 aromatic rings. The van der Waals surface area contributed by atoms with Gasteiger partial charge in [0, 0.05) is 29.2 Å². The van der Waals surface area contributed by atoms with Crippen LogP contribution in [0.2, 0.25) is 0 Å². The van der Waals surface area contributed by atoms with Gasteiger partial charge in [-0.25, -0.2) is 14.6 Å². The Morgan fingerprint density at radius 1 is 0.788 bits per heavy atom. The zero-order valence-electron chi connectivity index (χ0n) is 35.1. The number of aromatic nitrogens is 4. The van der Waals surface area contributed by atoms with E-state index < -0.39 is 29.5 Å². The Labute approximate surface area is 400 Å². The van der Waals surface area contributed by atoms with E-state index in [1.807, 2.05) is 47.9 Å². The predicted octanol–water partition coefficient (Wildman–Crippen LogP) is 13.5. The molecule has 0 atom stereocenters. The minimum absolute atomic E-state index is 0. The maximum atomic E-state index is 12.5. The Kier molecular flexibility index (Phi) is 19.6. The summed E-state index contributed by atoms with van der Waals surface area (Å²) < 4.78 is 37.4. The summed E-state index contributed by atoms with van der Waals surface area (Å²) in [7, 11) is 0. The molecule has 17 heteroatoms. The van der Waals surface area contributed by atoms with Crippen LogP contribution in [0.5, 0.6) is 0 Å². The van der Waals surface area contributed by atoms with E-state index in [1.165, 1.54) is 72.0 Å². The summed E-state index contributed by atoms with van der Waals surface area (Å²) in [5.41, 5.74) is 11.3. The van der Waals surface area contributed by atoms with Crippen LogP contribution in [0, 0.1) is 5.41 Å². The van der Waals surface area contributed by atoms with E-state index in [-0.39, 0.29) is 47.7 Å². The van der Waals surface area contributed by atoms with Gasteiger partial charge in [-0.1, -0.05) is 87.0 Å². The van der Waals surface area contributed by atoms with Crippen LogP contribution in [-0.4, -0.2) is 59.1 Å². The number of allylic oxidation sites excluding steroid dienone is 1. The number of nitrogens with one attached hydrogen (secondary N) is 2. The van der Waals surface area contributed by atoms with Crippen molar-refractivity contribution in [2.75, 3.05) is 0 Å². The van der Waals surface area contributed by atoms with Crippen molar-refractivity contribution in [1.82, 2.24) is 19.9 Å². The van der Waals surface area contributed by atoms with Gasteiger partial charge in [0.25, 0.3) is 0 Å². The Bertz CT molecular complexity index is 2920. The first-order valence-electron chi connectivity index (χ1n) is 19.9.